The van der Waals surface area contributed by atoms with Crippen LogP contribution in [0.3, 0.4) is 0 Å². The van der Waals surface area contributed by atoms with Gasteiger partial charge in [-0.05, 0) is 57.7 Å². The maximum absolute atomic E-state index is 11.3. The molecular weight excluding hydrogens is 574 g/mol. The van der Waals surface area contributed by atoms with Gasteiger partial charge in [0.1, 0.15) is 30.3 Å². The van der Waals surface area contributed by atoms with Crippen LogP contribution in [0.25, 0.3) is 0 Å². The average molecular weight is 610 g/mol. The lowest BCUT2D eigenvalue weighted by Gasteiger charge is -2.28. The Labute approximate surface area is 246 Å². The first-order valence-corrected chi connectivity index (χ1v) is 13.1. The molecule has 2 aromatic carbocycles. The molecule has 5 N–H and O–H groups in total. The Kier molecular flexibility index (Phi) is 11.2. The van der Waals surface area contributed by atoms with E-state index in [2.05, 4.69) is 4.90 Å². The van der Waals surface area contributed by atoms with Crippen LogP contribution in [0.5, 0.6) is 34.5 Å². The topological polar surface area (TPSA) is 211 Å². The Hall–Kier alpha value is -4.47. The third kappa shape index (κ3) is 10.1. The summed E-state index contributed by atoms with van der Waals surface area (Å²) in [5.41, 5.74) is -3.90. The van der Waals surface area contributed by atoms with Crippen molar-refractivity contribution in [2.24, 2.45) is 0 Å². The van der Waals surface area contributed by atoms with Gasteiger partial charge in [-0.2, -0.15) is 0 Å². The number of carbonyl (C=O) groups is 3. The number of hydrogen-bond donors (Lipinski definition) is 5. The second kappa shape index (κ2) is 14.6. The van der Waals surface area contributed by atoms with Crippen molar-refractivity contribution in [3.63, 3.8) is 0 Å². The molecule has 236 valence electrons. The molecule has 0 aliphatic carbocycles. The van der Waals surface area contributed by atoms with Gasteiger partial charge >= 0.3 is 17.9 Å². The van der Waals surface area contributed by atoms with Gasteiger partial charge in [-0.3, -0.25) is 9.59 Å². The fourth-order valence-electron chi connectivity index (χ4n) is 3.99. The van der Waals surface area contributed by atoms with Crippen LogP contribution in [0.1, 0.15) is 25.7 Å². The number of rotatable bonds is 15. The molecular formula is C28H35NO14. The van der Waals surface area contributed by atoms with E-state index in [0.717, 1.165) is 13.0 Å². The van der Waals surface area contributed by atoms with Crippen molar-refractivity contribution in [3.05, 3.63) is 36.4 Å². The van der Waals surface area contributed by atoms with E-state index in [0.29, 0.717) is 40.9 Å². The number of fused-ring (bicyclic) bond motifs is 2. The highest BCUT2D eigenvalue weighted by molar-refractivity contribution is 5.88. The van der Waals surface area contributed by atoms with E-state index >= 15 is 0 Å². The zero-order chi connectivity index (χ0) is 31.6. The standard InChI is InChI=1S/C22H27NO7.C6H8O7/c1-23(2)9-3-8-22(24,12-25-16-4-6-18-20(10-16)29-14-27-18)13-26-17-5-7-19-21(11-17)30-15-28-19;7-3(8)1-6(13,5(11)12)2-4(9)10/h4-7,10-11,24H,3,8-9,12-15H2,1-2H3;13H,1-2H2,(H,7,8)(H,9,10)(H,11,12). The van der Waals surface area contributed by atoms with Crippen molar-refractivity contribution >= 4 is 17.9 Å². The summed E-state index contributed by atoms with van der Waals surface area (Å²) in [7, 11) is 4.01. The lowest BCUT2D eigenvalue weighted by atomic mass is 9.96. The molecule has 0 radical (unpaired) electrons. The summed E-state index contributed by atoms with van der Waals surface area (Å²) in [5, 5.41) is 45.1. The van der Waals surface area contributed by atoms with E-state index in [1.54, 1.807) is 36.4 Å². The first-order chi connectivity index (χ1) is 20.3. The Balaban J connectivity index is 0.000000331. The van der Waals surface area contributed by atoms with Crippen LogP contribution in [-0.4, -0.2) is 107 Å². The zero-order valence-electron chi connectivity index (χ0n) is 23.7. The van der Waals surface area contributed by atoms with Crippen LogP contribution in [0.4, 0.5) is 0 Å². The summed E-state index contributed by atoms with van der Waals surface area (Å²) in [6, 6.07) is 10.7. The molecule has 43 heavy (non-hydrogen) atoms. The third-order valence-electron chi connectivity index (χ3n) is 6.24. The van der Waals surface area contributed by atoms with Gasteiger partial charge in [0.25, 0.3) is 0 Å². The molecule has 0 atom stereocenters. The molecule has 0 fully saturated rings. The van der Waals surface area contributed by atoms with E-state index in [9.17, 15) is 19.5 Å². The van der Waals surface area contributed by atoms with Crippen molar-refractivity contribution in [2.45, 2.75) is 36.9 Å². The van der Waals surface area contributed by atoms with E-state index in [1.165, 1.54) is 0 Å². The molecule has 0 saturated heterocycles. The molecule has 2 aliphatic rings. The second-order valence-electron chi connectivity index (χ2n) is 10.2. The second-order valence-corrected chi connectivity index (χ2v) is 10.2. The fraction of sp³-hybridized carbons (Fsp3) is 0.464. The summed E-state index contributed by atoms with van der Waals surface area (Å²) in [4.78, 5) is 32.6. The van der Waals surface area contributed by atoms with Gasteiger partial charge < -0.3 is 58.9 Å². The van der Waals surface area contributed by atoms with Crippen molar-refractivity contribution in [1.82, 2.24) is 4.90 Å². The molecule has 0 unspecified atom stereocenters. The van der Waals surface area contributed by atoms with Gasteiger partial charge in [0.05, 0.1) is 12.8 Å². The minimum atomic E-state index is -2.74. The third-order valence-corrected chi connectivity index (χ3v) is 6.24. The van der Waals surface area contributed by atoms with E-state index in [4.69, 9.17) is 48.8 Å². The molecule has 4 rings (SSSR count). The minimum absolute atomic E-state index is 0.0879. The van der Waals surface area contributed by atoms with E-state index < -0.39 is 42.0 Å². The van der Waals surface area contributed by atoms with Crippen molar-refractivity contribution < 1.29 is 68.3 Å². The van der Waals surface area contributed by atoms with Gasteiger partial charge in [-0.1, -0.05) is 0 Å². The zero-order valence-corrected chi connectivity index (χ0v) is 23.7. The number of hydrogen-bond acceptors (Lipinski definition) is 12. The van der Waals surface area contributed by atoms with Crippen LogP contribution in [-0.2, 0) is 14.4 Å². The summed E-state index contributed by atoms with van der Waals surface area (Å²) >= 11 is 0. The average Bonchev–Trinajstić information content (AvgIpc) is 3.59. The number of aliphatic hydroxyl groups is 2. The minimum Gasteiger partial charge on any atom is -0.490 e. The predicted octanol–water partition coefficient (Wildman–Crippen LogP) is 1.43. The highest BCUT2D eigenvalue weighted by Crippen LogP contribution is 2.37. The molecule has 0 amide bonds. The first-order valence-electron chi connectivity index (χ1n) is 13.1. The van der Waals surface area contributed by atoms with Crippen LogP contribution < -0.4 is 28.4 Å². The molecule has 0 aromatic heterocycles. The Morgan fingerprint density at radius 2 is 1.21 bits per heavy atom. The van der Waals surface area contributed by atoms with Crippen molar-refractivity contribution in [2.75, 3.05) is 47.4 Å². The van der Waals surface area contributed by atoms with Gasteiger partial charge in [0, 0.05) is 12.1 Å². The highest BCUT2D eigenvalue weighted by Gasteiger charge is 2.40. The van der Waals surface area contributed by atoms with Crippen LogP contribution in [0.15, 0.2) is 36.4 Å². The smallest absolute Gasteiger partial charge is 0.336 e. The Bertz CT molecular complexity index is 1200. The maximum Gasteiger partial charge on any atom is 0.336 e. The number of benzene rings is 2. The SMILES string of the molecule is CN(C)CCCC(O)(COc1ccc2c(c1)OCO2)COc1ccc2c(c1)OCO2.O=C(O)CC(O)(CC(=O)O)C(=O)O. The van der Waals surface area contributed by atoms with Crippen LogP contribution in [0, 0.1) is 0 Å². The van der Waals surface area contributed by atoms with Crippen LogP contribution >= 0.6 is 0 Å². The molecule has 15 heteroatoms. The fourth-order valence-corrected chi connectivity index (χ4v) is 3.99. The number of carboxylic acid groups (broad SMARTS) is 3. The monoisotopic (exact) mass is 609 g/mol. The number of ether oxygens (including phenoxy) is 6. The lowest BCUT2D eigenvalue weighted by molar-refractivity contribution is -0.170. The number of carboxylic acids is 3. The van der Waals surface area contributed by atoms with E-state index in [1.807, 2.05) is 14.1 Å². The number of aliphatic carboxylic acids is 3. The summed E-state index contributed by atoms with van der Waals surface area (Å²) in [5.74, 6) is -1.15. The largest absolute Gasteiger partial charge is 0.490 e. The maximum atomic E-state index is 11.3. The van der Waals surface area contributed by atoms with Crippen LogP contribution in [0.2, 0.25) is 0 Å². The normalized spacial score (nSPS) is 13.2. The molecule has 0 bridgehead atoms. The molecule has 15 nitrogen and oxygen atoms in total. The Morgan fingerprint density at radius 3 is 1.60 bits per heavy atom. The molecule has 2 heterocycles. The molecule has 0 saturated carbocycles. The van der Waals surface area contributed by atoms with Gasteiger partial charge in [-0.15, -0.1) is 0 Å². The van der Waals surface area contributed by atoms with Crippen molar-refractivity contribution in [1.29, 1.82) is 0 Å². The first kappa shape index (κ1) is 33.0. The highest BCUT2D eigenvalue weighted by atomic mass is 16.7. The molecule has 2 aromatic rings. The number of nitrogens with zero attached hydrogens (tertiary/aromatic N) is 1. The van der Waals surface area contributed by atoms with Gasteiger partial charge in [0.15, 0.2) is 28.6 Å². The van der Waals surface area contributed by atoms with Gasteiger partial charge in [0.2, 0.25) is 13.6 Å². The predicted molar refractivity (Wildman–Crippen MR) is 146 cm³/mol. The van der Waals surface area contributed by atoms with Gasteiger partial charge in [-0.25, -0.2) is 4.79 Å². The summed E-state index contributed by atoms with van der Waals surface area (Å²) in [6.45, 7) is 1.44. The molecule has 2 aliphatic heterocycles. The van der Waals surface area contributed by atoms with Crippen molar-refractivity contribution in [3.8, 4) is 34.5 Å². The summed E-state index contributed by atoms with van der Waals surface area (Å²) < 4.78 is 33.2. The van der Waals surface area contributed by atoms with E-state index in [-0.39, 0.29) is 26.8 Å². The quantitative estimate of drug-likeness (QED) is 0.193. The summed E-state index contributed by atoms with van der Waals surface area (Å²) in [6.07, 6.45) is -0.956. The molecule has 0 spiro atoms. The lowest BCUT2D eigenvalue weighted by Crippen LogP contribution is -2.42. The Morgan fingerprint density at radius 1 is 0.767 bits per heavy atom.